The minimum absolute atomic E-state index is 0.0516. The highest BCUT2D eigenvalue weighted by atomic mass is 32.1. The van der Waals surface area contributed by atoms with Crippen LogP contribution in [-0.4, -0.2) is 23.6 Å². The van der Waals surface area contributed by atoms with Crippen molar-refractivity contribution in [3.8, 4) is 10.6 Å². The van der Waals surface area contributed by atoms with Crippen LogP contribution in [0.5, 0.6) is 0 Å². The number of aromatic nitrogens is 1. The van der Waals surface area contributed by atoms with Crippen LogP contribution in [0, 0.1) is 0 Å². The van der Waals surface area contributed by atoms with Crippen molar-refractivity contribution in [2.45, 2.75) is 12.6 Å². The number of ether oxygens (including phenoxy) is 1. The Labute approximate surface area is 109 Å². The predicted molar refractivity (Wildman–Crippen MR) is 69.1 cm³/mol. The molecule has 3 rings (SSSR count). The average Bonchev–Trinajstić information content (AvgIpc) is 3.16. The summed E-state index contributed by atoms with van der Waals surface area (Å²) in [6.07, 6.45) is -0.239. The lowest BCUT2D eigenvalue weighted by Gasteiger charge is -1.99. The molecular weight excluding hydrogens is 248 g/mol. The van der Waals surface area contributed by atoms with Crippen molar-refractivity contribution >= 4 is 17.2 Å². The summed E-state index contributed by atoms with van der Waals surface area (Å²) >= 11 is 1.58. The second-order valence-electron chi connectivity index (χ2n) is 4.05. The quantitative estimate of drug-likeness (QED) is 0.853. The number of carbonyl (C=O) groups is 1. The van der Waals surface area contributed by atoms with E-state index in [1.54, 1.807) is 11.3 Å². The van der Waals surface area contributed by atoms with Gasteiger partial charge in [0.15, 0.2) is 6.10 Å². The molecule has 0 bridgehead atoms. The van der Waals surface area contributed by atoms with Gasteiger partial charge < -0.3 is 10.1 Å². The van der Waals surface area contributed by atoms with Gasteiger partial charge in [0.2, 0.25) is 0 Å². The molecule has 1 unspecified atom stereocenters. The second kappa shape index (κ2) is 4.88. The molecule has 1 amide bonds. The molecule has 5 heteroatoms. The fourth-order valence-electron chi connectivity index (χ4n) is 1.59. The number of rotatable bonds is 4. The van der Waals surface area contributed by atoms with Crippen LogP contribution >= 0.6 is 11.3 Å². The van der Waals surface area contributed by atoms with Gasteiger partial charge in [-0.1, -0.05) is 30.3 Å². The summed E-state index contributed by atoms with van der Waals surface area (Å²) in [6, 6.07) is 10.0. The number of epoxide rings is 1. The average molecular weight is 260 g/mol. The van der Waals surface area contributed by atoms with Crippen LogP contribution in [0.1, 0.15) is 5.69 Å². The second-order valence-corrected chi connectivity index (χ2v) is 4.91. The number of hydrogen-bond donors (Lipinski definition) is 1. The Morgan fingerprint density at radius 2 is 2.22 bits per heavy atom. The van der Waals surface area contributed by atoms with Crippen LogP contribution in [0.2, 0.25) is 0 Å². The van der Waals surface area contributed by atoms with Crippen molar-refractivity contribution < 1.29 is 9.53 Å². The number of benzene rings is 1. The van der Waals surface area contributed by atoms with Gasteiger partial charge in [-0.2, -0.15) is 0 Å². The van der Waals surface area contributed by atoms with Gasteiger partial charge in [-0.3, -0.25) is 4.79 Å². The number of thiazole rings is 1. The maximum absolute atomic E-state index is 11.4. The molecule has 1 N–H and O–H groups in total. The summed E-state index contributed by atoms with van der Waals surface area (Å²) in [5.41, 5.74) is 1.98. The lowest BCUT2D eigenvalue weighted by Crippen LogP contribution is -2.27. The zero-order valence-electron chi connectivity index (χ0n) is 9.63. The van der Waals surface area contributed by atoms with E-state index < -0.39 is 0 Å². The Morgan fingerprint density at radius 1 is 1.44 bits per heavy atom. The Bertz CT molecular complexity index is 549. The highest BCUT2D eigenvalue weighted by Crippen LogP contribution is 2.23. The van der Waals surface area contributed by atoms with Crippen molar-refractivity contribution in [3.63, 3.8) is 0 Å². The molecule has 18 heavy (non-hydrogen) atoms. The topological polar surface area (TPSA) is 54.5 Å². The van der Waals surface area contributed by atoms with Gasteiger partial charge in [-0.05, 0) is 0 Å². The van der Waals surface area contributed by atoms with Crippen LogP contribution in [-0.2, 0) is 16.1 Å². The molecule has 1 atom stereocenters. The Morgan fingerprint density at radius 3 is 2.94 bits per heavy atom. The lowest BCUT2D eigenvalue weighted by molar-refractivity contribution is -0.122. The molecular formula is C13H12N2O2S. The minimum Gasteiger partial charge on any atom is -0.363 e. The number of hydrogen-bond acceptors (Lipinski definition) is 4. The van der Waals surface area contributed by atoms with E-state index in [4.69, 9.17) is 4.74 Å². The Kier molecular flexibility index (Phi) is 3.08. The van der Waals surface area contributed by atoms with E-state index in [0.717, 1.165) is 16.3 Å². The van der Waals surface area contributed by atoms with Crippen molar-refractivity contribution in [2.75, 3.05) is 6.61 Å². The van der Waals surface area contributed by atoms with E-state index in [9.17, 15) is 4.79 Å². The first-order valence-electron chi connectivity index (χ1n) is 5.72. The molecule has 1 fully saturated rings. The van der Waals surface area contributed by atoms with Crippen LogP contribution in [0.4, 0.5) is 0 Å². The third-order valence-electron chi connectivity index (χ3n) is 2.64. The summed E-state index contributed by atoms with van der Waals surface area (Å²) in [5, 5.41) is 5.75. The molecule has 1 aliphatic heterocycles. The summed E-state index contributed by atoms with van der Waals surface area (Å²) in [5.74, 6) is -0.0516. The Balaban J connectivity index is 1.64. The molecule has 2 aromatic rings. The van der Waals surface area contributed by atoms with E-state index in [1.807, 2.05) is 35.7 Å². The van der Waals surface area contributed by atoms with Gasteiger partial charge in [0.25, 0.3) is 5.91 Å². The number of nitrogens with zero attached hydrogens (tertiary/aromatic N) is 1. The minimum atomic E-state index is -0.239. The maximum atomic E-state index is 11.4. The maximum Gasteiger partial charge on any atom is 0.251 e. The first-order chi connectivity index (χ1) is 8.83. The molecule has 1 aromatic heterocycles. The van der Waals surface area contributed by atoms with Crippen molar-refractivity contribution in [3.05, 3.63) is 41.4 Å². The van der Waals surface area contributed by atoms with E-state index in [0.29, 0.717) is 13.2 Å². The van der Waals surface area contributed by atoms with E-state index in [-0.39, 0.29) is 12.0 Å². The SMILES string of the molecule is O=C(NCc1csc(-c2ccccc2)n1)C1CO1. The largest absolute Gasteiger partial charge is 0.363 e. The van der Waals surface area contributed by atoms with Gasteiger partial charge in [0.1, 0.15) is 5.01 Å². The van der Waals surface area contributed by atoms with Crippen LogP contribution in [0.25, 0.3) is 10.6 Å². The van der Waals surface area contributed by atoms with Crippen molar-refractivity contribution in [1.82, 2.24) is 10.3 Å². The normalized spacial score (nSPS) is 17.4. The first kappa shape index (κ1) is 11.4. The van der Waals surface area contributed by atoms with Gasteiger partial charge in [0.05, 0.1) is 18.8 Å². The van der Waals surface area contributed by atoms with Gasteiger partial charge in [-0.25, -0.2) is 4.98 Å². The smallest absolute Gasteiger partial charge is 0.251 e. The highest BCUT2D eigenvalue weighted by molar-refractivity contribution is 7.13. The standard InChI is InChI=1S/C13H12N2O2S/c16-12(11-7-17-11)14-6-10-8-18-13(15-10)9-4-2-1-3-5-9/h1-5,8,11H,6-7H2,(H,14,16). The van der Waals surface area contributed by atoms with Crippen molar-refractivity contribution in [2.24, 2.45) is 0 Å². The van der Waals surface area contributed by atoms with Gasteiger partial charge >= 0.3 is 0 Å². The molecule has 1 aliphatic rings. The number of nitrogens with one attached hydrogen (secondary N) is 1. The van der Waals surface area contributed by atoms with Crippen molar-refractivity contribution in [1.29, 1.82) is 0 Å². The number of amides is 1. The monoisotopic (exact) mass is 260 g/mol. The molecule has 1 aromatic carbocycles. The van der Waals surface area contributed by atoms with E-state index in [2.05, 4.69) is 10.3 Å². The van der Waals surface area contributed by atoms with E-state index in [1.165, 1.54) is 0 Å². The third-order valence-corrected chi connectivity index (χ3v) is 3.58. The highest BCUT2D eigenvalue weighted by Gasteiger charge is 2.30. The van der Waals surface area contributed by atoms with Crippen LogP contribution in [0.15, 0.2) is 35.7 Å². The lowest BCUT2D eigenvalue weighted by atomic mass is 10.2. The summed E-state index contributed by atoms with van der Waals surface area (Å²) in [6.45, 7) is 1.00. The van der Waals surface area contributed by atoms with Crippen LogP contribution < -0.4 is 5.32 Å². The zero-order chi connectivity index (χ0) is 12.4. The molecule has 1 saturated heterocycles. The molecule has 4 nitrogen and oxygen atoms in total. The first-order valence-corrected chi connectivity index (χ1v) is 6.60. The third kappa shape index (κ3) is 2.57. The molecule has 2 heterocycles. The summed E-state index contributed by atoms with van der Waals surface area (Å²) < 4.78 is 4.90. The summed E-state index contributed by atoms with van der Waals surface area (Å²) in [7, 11) is 0. The summed E-state index contributed by atoms with van der Waals surface area (Å²) in [4.78, 5) is 15.9. The molecule has 0 spiro atoms. The molecule has 92 valence electrons. The van der Waals surface area contributed by atoms with E-state index >= 15 is 0 Å². The Hall–Kier alpha value is -1.72. The molecule has 0 radical (unpaired) electrons. The van der Waals surface area contributed by atoms with Gasteiger partial charge in [0, 0.05) is 10.9 Å². The molecule has 0 aliphatic carbocycles. The molecule has 0 saturated carbocycles. The van der Waals surface area contributed by atoms with Crippen LogP contribution in [0.3, 0.4) is 0 Å². The number of carbonyl (C=O) groups excluding carboxylic acids is 1. The predicted octanol–water partition coefficient (Wildman–Crippen LogP) is 1.83. The fraction of sp³-hybridized carbons (Fsp3) is 0.231. The fourth-order valence-corrected chi connectivity index (χ4v) is 2.42. The van der Waals surface area contributed by atoms with Gasteiger partial charge in [-0.15, -0.1) is 11.3 Å². The zero-order valence-corrected chi connectivity index (χ0v) is 10.4.